The highest BCUT2D eigenvalue weighted by Gasteiger charge is 2.38. The second kappa shape index (κ2) is 8.53. The van der Waals surface area contributed by atoms with Crippen LogP contribution in [0.4, 0.5) is 11.4 Å². The third-order valence-electron chi connectivity index (χ3n) is 6.00. The van der Waals surface area contributed by atoms with Gasteiger partial charge in [0.15, 0.2) is 0 Å². The number of carbonyl (C=O) groups is 4. The predicted octanol–water partition coefficient (Wildman–Crippen LogP) is 4.52. The van der Waals surface area contributed by atoms with Gasteiger partial charge in [0.25, 0.3) is 11.8 Å². The van der Waals surface area contributed by atoms with Crippen LogP contribution < -0.4 is 14.5 Å². The number of hydrogen-bond donors (Lipinski definition) is 0. The first kappa shape index (κ1) is 22.0. The number of esters is 1. The van der Waals surface area contributed by atoms with E-state index in [9.17, 15) is 19.2 Å². The molecule has 0 saturated carbocycles. The van der Waals surface area contributed by atoms with Crippen LogP contribution in [0.15, 0.2) is 71.2 Å². The molecule has 2 aliphatic rings. The molecule has 0 N–H and O–H groups in total. The van der Waals surface area contributed by atoms with Crippen LogP contribution in [0.5, 0.6) is 5.75 Å². The van der Waals surface area contributed by atoms with Crippen molar-refractivity contribution < 1.29 is 23.9 Å². The van der Waals surface area contributed by atoms with Gasteiger partial charge in [0.2, 0.25) is 5.91 Å². The Labute approximate surface area is 204 Å². The van der Waals surface area contributed by atoms with E-state index in [0.29, 0.717) is 26.9 Å². The second-order valence-corrected chi connectivity index (χ2v) is 9.16. The van der Waals surface area contributed by atoms with Gasteiger partial charge >= 0.3 is 5.97 Å². The van der Waals surface area contributed by atoms with Gasteiger partial charge < -0.3 is 9.64 Å². The highest BCUT2D eigenvalue weighted by molar-refractivity contribution is 9.10. The van der Waals surface area contributed by atoms with Gasteiger partial charge in [-0.3, -0.25) is 19.2 Å². The molecule has 3 amide bonds. The van der Waals surface area contributed by atoms with Gasteiger partial charge in [-0.1, -0.05) is 34.1 Å². The number of anilines is 2. The summed E-state index contributed by atoms with van der Waals surface area (Å²) in [4.78, 5) is 53.6. The summed E-state index contributed by atoms with van der Waals surface area (Å²) >= 11 is 3.33. The van der Waals surface area contributed by atoms with E-state index >= 15 is 0 Å². The van der Waals surface area contributed by atoms with Crippen molar-refractivity contribution in [2.45, 2.75) is 13.3 Å². The number of rotatable bonds is 4. The van der Waals surface area contributed by atoms with Crippen LogP contribution in [0.3, 0.4) is 0 Å². The number of amides is 3. The molecule has 3 aromatic carbocycles. The lowest BCUT2D eigenvalue weighted by molar-refractivity contribution is -0.139. The first-order valence-electron chi connectivity index (χ1n) is 10.7. The maximum absolute atomic E-state index is 12.9. The van der Waals surface area contributed by atoms with Crippen LogP contribution in [-0.2, 0) is 9.59 Å². The van der Waals surface area contributed by atoms with Crippen molar-refractivity contribution in [2.75, 3.05) is 16.3 Å². The second-order valence-electron chi connectivity index (χ2n) is 8.25. The topological polar surface area (TPSA) is 84.0 Å². The van der Waals surface area contributed by atoms with E-state index in [2.05, 4.69) is 15.9 Å². The summed E-state index contributed by atoms with van der Waals surface area (Å²) < 4.78 is 6.26. The molecule has 0 aliphatic carbocycles. The molecule has 0 spiro atoms. The van der Waals surface area contributed by atoms with E-state index in [1.165, 1.54) is 0 Å². The first-order chi connectivity index (χ1) is 16.3. The van der Waals surface area contributed by atoms with Crippen LogP contribution in [0.25, 0.3) is 0 Å². The summed E-state index contributed by atoms with van der Waals surface area (Å²) in [5, 5.41) is 0. The lowest BCUT2D eigenvalue weighted by atomic mass is 10.1. The fourth-order valence-corrected chi connectivity index (χ4v) is 4.66. The Morgan fingerprint density at radius 1 is 0.941 bits per heavy atom. The van der Waals surface area contributed by atoms with E-state index in [1.54, 1.807) is 48.2 Å². The van der Waals surface area contributed by atoms with E-state index in [1.807, 2.05) is 30.3 Å². The Kier molecular flexibility index (Phi) is 5.53. The van der Waals surface area contributed by atoms with Gasteiger partial charge in [0.1, 0.15) is 5.75 Å². The SMILES string of the molecule is Cc1cc(OC(=O)[C@H]2CC(=O)N(c3ccccc3)C2)ccc1N1C(=O)c2ccc(Br)cc2C1=O. The molecule has 170 valence electrons. The minimum atomic E-state index is -0.581. The predicted molar refractivity (Wildman–Crippen MR) is 129 cm³/mol. The largest absolute Gasteiger partial charge is 0.426 e. The first-order valence-corrected chi connectivity index (χ1v) is 11.5. The van der Waals surface area contributed by atoms with Gasteiger partial charge in [0, 0.05) is 23.1 Å². The average Bonchev–Trinajstić information content (AvgIpc) is 3.32. The Balaban J connectivity index is 1.31. The summed E-state index contributed by atoms with van der Waals surface area (Å²) in [7, 11) is 0. The maximum Gasteiger partial charge on any atom is 0.316 e. The normalized spacial score (nSPS) is 17.4. The number of imide groups is 1. The minimum Gasteiger partial charge on any atom is -0.426 e. The van der Waals surface area contributed by atoms with Crippen LogP contribution in [0, 0.1) is 12.8 Å². The highest BCUT2D eigenvalue weighted by Crippen LogP contribution is 2.34. The standard InChI is InChI=1S/C26H19BrN2O5/c1-15-11-19(34-26(33)16-12-23(30)28(14-16)18-5-3-2-4-6-18)8-10-22(15)29-24(31)20-9-7-17(27)13-21(20)25(29)32/h2-11,13,16H,12,14H2,1H3/t16-/m0/s1. The molecule has 5 rings (SSSR count). The molecular formula is C26H19BrN2O5. The average molecular weight is 519 g/mol. The molecule has 1 atom stereocenters. The zero-order chi connectivity index (χ0) is 24.0. The summed E-state index contributed by atoms with van der Waals surface area (Å²) in [6, 6.07) is 18.9. The Morgan fingerprint density at radius 2 is 1.68 bits per heavy atom. The number of aryl methyl sites for hydroxylation is 1. The molecule has 2 aliphatic heterocycles. The van der Waals surface area contributed by atoms with Crippen molar-refractivity contribution in [1.29, 1.82) is 0 Å². The number of ether oxygens (including phenoxy) is 1. The van der Waals surface area contributed by atoms with Crippen molar-refractivity contribution in [3.63, 3.8) is 0 Å². The van der Waals surface area contributed by atoms with Crippen LogP contribution in [0.1, 0.15) is 32.7 Å². The Hall–Kier alpha value is -3.78. The summed E-state index contributed by atoms with van der Waals surface area (Å²) in [5.41, 5.74) is 2.46. The fourth-order valence-electron chi connectivity index (χ4n) is 4.30. The molecule has 0 unspecified atom stereocenters. The Bertz CT molecular complexity index is 1350. The third-order valence-corrected chi connectivity index (χ3v) is 6.50. The van der Waals surface area contributed by atoms with Crippen molar-refractivity contribution in [3.8, 4) is 5.75 Å². The lowest BCUT2D eigenvalue weighted by Crippen LogP contribution is -2.30. The molecule has 8 heteroatoms. The molecule has 2 heterocycles. The molecule has 0 aromatic heterocycles. The smallest absolute Gasteiger partial charge is 0.316 e. The minimum absolute atomic E-state index is 0.0788. The number of para-hydroxylation sites is 1. The lowest BCUT2D eigenvalue weighted by Gasteiger charge is -2.18. The van der Waals surface area contributed by atoms with Gasteiger partial charge in [-0.05, 0) is 61.0 Å². The number of halogens is 1. The van der Waals surface area contributed by atoms with Gasteiger partial charge in [0.05, 0.1) is 22.7 Å². The molecular weight excluding hydrogens is 500 g/mol. The van der Waals surface area contributed by atoms with Crippen molar-refractivity contribution in [2.24, 2.45) is 5.92 Å². The van der Waals surface area contributed by atoms with Gasteiger partial charge in [-0.2, -0.15) is 0 Å². The van der Waals surface area contributed by atoms with Crippen LogP contribution >= 0.6 is 15.9 Å². The molecule has 3 aromatic rings. The zero-order valence-electron chi connectivity index (χ0n) is 18.2. The molecule has 1 saturated heterocycles. The summed E-state index contributed by atoms with van der Waals surface area (Å²) in [6.45, 7) is 1.99. The number of benzene rings is 3. The van der Waals surface area contributed by atoms with E-state index in [0.717, 1.165) is 10.6 Å². The highest BCUT2D eigenvalue weighted by atomic mass is 79.9. The van der Waals surface area contributed by atoms with Crippen molar-refractivity contribution in [1.82, 2.24) is 0 Å². The molecule has 0 radical (unpaired) electrons. The van der Waals surface area contributed by atoms with Gasteiger partial charge in [-0.15, -0.1) is 0 Å². The third kappa shape index (κ3) is 3.80. The monoisotopic (exact) mass is 518 g/mol. The zero-order valence-corrected chi connectivity index (χ0v) is 19.7. The van der Waals surface area contributed by atoms with Crippen LogP contribution in [-0.4, -0.2) is 30.2 Å². The summed E-state index contributed by atoms with van der Waals surface area (Å²) in [6.07, 6.45) is 0.0788. The maximum atomic E-state index is 12.9. The van der Waals surface area contributed by atoms with Gasteiger partial charge in [-0.25, -0.2) is 4.90 Å². The van der Waals surface area contributed by atoms with Crippen molar-refractivity contribution >= 4 is 51.0 Å². The van der Waals surface area contributed by atoms with E-state index in [-0.39, 0.29) is 24.6 Å². The van der Waals surface area contributed by atoms with Crippen molar-refractivity contribution in [3.05, 3.63) is 87.9 Å². The number of fused-ring (bicyclic) bond motifs is 1. The number of hydrogen-bond acceptors (Lipinski definition) is 5. The Morgan fingerprint density at radius 3 is 2.41 bits per heavy atom. The number of carbonyl (C=O) groups excluding carboxylic acids is 4. The molecule has 0 bridgehead atoms. The van der Waals surface area contributed by atoms with E-state index < -0.39 is 23.7 Å². The molecule has 7 nitrogen and oxygen atoms in total. The van der Waals surface area contributed by atoms with E-state index in [4.69, 9.17) is 4.74 Å². The summed E-state index contributed by atoms with van der Waals surface area (Å²) in [5.74, 6) is -1.72. The quantitative estimate of drug-likeness (QED) is 0.288. The molecule has 1 fully saturated rings. The molecule has 34 heavy (non-hydrogen) atoms. The number of nitrogens with zero attached hydrogens (tertiary/aromatic N) is 2. The fraction of sp³-hybridized carbons (Fsp3) is 0.154. The van der Waals surface area contributed by atoms with Crippen LogP contribution in [0.2, 0.25) is 0 Å².